The van der Waals surface area contributed by atoms with E-state index in [4.69, 9.17) is 4.74 Å². The molecule has 0 saturated carbocycles. The van der Waals surface area contributed by atoms with E-state index in [0.717, 1.165) is 18.7 Å². The fraction of sp³-hybridized carbons (Fsp3) is 0.381. The maximum atomic E-state index is 12.5. The van der Waals surface area contributed by atoms with Gasteiger partial charge in [0.2, 0.25) is 0 Å². The molecule has 1 unspecified atom stereocenters. The average molecular weight is 406 g/mol. The monoisotopic (exact) mass is 406 g/mol. The van der Waals surface area contributed by atoms with Crippen LogP contribution in [0, 0.1) is 6.92 Å². The highest BCUT2D eigenvalue weighted by Crippen LogP contribution is 2.25. The molecule has 0 bridgehead atoms. The van der Waals surface area contributed by atoms with E-state index in [9.17, 15) is 13.6 Å². The van der Waals surface area contributed by atoms with Crippen molar-refractivity contribution in [2.75, 3.05) is 32.8 Å². The first-order valence-corrected chi connectivity index (χ1v) is 10.1. The number of rotatable bonds is 7. The number of hydrogen-bond donors (Lipinski definition) is 1. The quantitative estimate of drug-likeness (QED) is 0.703. The summed E-state index contributed by atoms with van der Waals surface area (Å²) in [4.78, 5) is 15.3. The van der Waals surface area contributed by atoms with Crippen molar-refractivity contribution in [3.63, 3.8) is 0 Å². The highest BCUT2D eigenvalue weighted by molar-refractivity contribution is 7.99. The molecular weight excluding hydrogens is 382 g/mol. The Labute approximate surface area is 168 Å². The Morgan fingerprint density at radius 1 is 1.11 bits per heavy atom. The number of alkyl halides is 2. The number of amides is 1. The van der Waals surface area contributed by atoms with Crippen molar-refractivity contribution in [3.05, 3.63) is 65.2 Å². The van der Waals surface area contributed by atoms with Crippen molar-refractivity contribution in [3.8, 4) is 0 Å². The summed E-state index contributed by atoms with van der Waals surface area (Å²) in [7, 11) is 0. The van der Waals surface area contributed by atoms with Gasteiger partial charge in [0.25, 0.3) is 11.7 Å². The lowest BCUT2D eigenvalue weighted by Gasteiger charge is -2.35. The number of nitrogens with one attached hydrogen (secondary N) is 1. The van der Waals surface area contributed by atoms with Crippen LogP contribution in [0.15, 0.2) is 53.4 Å². The lowest BCUT2D eigenvalue weighted by atomic mass is 10.0. The molecule has 150 valence electrons. The minimum atomic E-state index is -2.47. The van der Waals surface area contributed by atoms with E-state index in [2.05, 4.69) is 34.5 Å². The lowest BCUT2D eigenvalue weighted by molar-refractivity contribution is 0.0162. The molecule has 4 nitrogen and oxygen atoms in total. The van der Waals surface area contributed by atoms with Gasteiger partial charge in [-0.1, -0.05) is 41.6 Å². The maximum absolute atomic E-state index is 12.5. The van der Waals surface area contributed by atoms with E-state index in [-0.39, 0.29) is 11.9 Å². The summed E-state index contributed by atoms with van der Waals surface area (Å²) >= 11 is 0.471. The third kappa shape index (κ3) is 5.77. The summed E-state index contributed by atoms with van der Waals surface area (Å²) in [5.41, 5.74) is 2.80. The van der Waals surface area contributed by atoms with Crippen molar-refractivity contribution in [2.45, 2.75) is 23.6 Å². The first kappa shape index (κ1) is 20.8. The molecule has 3 rings (SSSR count). The number of halogens is 2. The smallest absolute Gasteiger partial charge is 0.288 e. The predicted octanol–water partition coefficient (Wildman–Crippen LogP) is 4.11. The van der Waals surface area contributed by atoms with Crippen molar-refractivity contribution in [1.82, 2.24) is 10.2 Å². The number of thioether (sulfide) groups is 1. The van der Waals surface area contributed by atoms with E-state index in [1.165, 1.54) is 5.56 Å². The molecular formula is C21H24F2N2O2S. The van der Waals surface area contributed by atoms with Gasteiger partial charge in [0.1, 0.15) is 0 Å². The number of morpholine rings is 1. The van der Waals surface area contributed by atoms with Gasteiger partial charge >= 0.3 is 0 Å². The SMILES string of the molecule is Cc1ccc(C(CNC(=O)c2ccc(SC(F)F)cc2)N2CCOCC2)cc1. The van der Waals surface area contributed by atoms with Crippen LogP contribution in [0.5, 0.6) is 0 Å². The van der Waals surface area contributed by atoms with Gasteiger partial charge in [-0.25, -0.2) is 0 Å². The molecule has 1 amide bonds. The number of carbonyl (C=O) groups is 1. The molecule has 2 aromatic carbocycles. The molecule has 1 aliphatic rings. The molecule has 1 saturated heterocycles. The highest BCUT2D eigenvalue weighted by Gasteiger charge is 2.23. The second-order valence-electron chi connectivity index (χ2n) is 6.69. The van der Waals surface area contributed by atoms with Gasteiger partial charge in [-0.2, -0.15) is 8.78 Å². The van der Waals surface area contributed by atoms with Crippen molar-refractivity contribution < 1.29 is 18.3 Å². The van der Waals surface area contributed by atoms with E-state index >= 15 is 0 Å². The lowest BCUT2D eigenvalue weighted by Crippen LogP contribution is -2.43. The molecule has 1 fully saturated rings. The molecule has 1 N–H and O–H groups in total. The Balaban J connectivity index is 1.66. The first-order valence-electron chi connectivity index (χ1n) is 9.24. The van der Waals surface area contributed by atoms with E-state index in [0.29, 0.717) is 42.0 Å². The van der Waals surface area contributed by atoms with Crippen LogP contribution in [0.2, 0.25) is 0 Å². The number of aryl methyl sites for hydroxylation is 1. The largest absolute Gasteiger partial charge is 0.379 e. The molecule has 7 heteroatoms. The van der Waals surface area contributed by atoms with Crippen LogP contribution in [-0.4, -0.2) is 49.4 Å². The fourth-order valence-electron chi connectivity index (χ4n) is 3.21. The van der Waals surface area contributed by atoms with Crippen LogP contribution in [0.25, 0.3) is 0 Å². The summed E-state index contributed by atoms with van der Waals surface area (Å²) in [5.74, 6) is -2.68. The Morgan fingerprint density at radius 3 is 2.36 bits per heavy atom. The third-order valence-corrected chi connectivity index (χ3v) is 5.47. The van der Waals surface area contributed by atoms with Crippen molar-refractivity contribution >= 4 is 17.7 Å². The highest BCUT2D eigenvalue weighted by atomic mass is 32.2. The van der Waals surface area contributed by atoms with Crippen LogP contribution in [0.3, 0.4) is 0 Å². The number of benzene rings is 2. The fourth-order valence-corrected chi connectivity index (χ4v) is 3.71. The molecule has 0 spiro atoms. The number of carbonyl (C=O) groups excluding carboxylic acids is 1. The molecule has 2 aromatic rings. The van der Waals surface area contributed by atoms with E-state index in [1.807, 2.05) is 6.92 Å². The predicted molar refractivity (Wildman–Crippen MR) is 107 cm³/mol. The van der Waals surface area contributed by atoms with Crippen molar-refractivity contribution in [1.29, 1.82) is 0 Å². The van der Waals surface area contributed by atoms with Crippen LogP contribution < -0.4 is 5.32 Å². The molecule has 0 aromatic heterocycles. The minimum Gasteiger partial charge on any atom is -0.379 e. The van der Waals surface area contributed by atoms with E-state index in [1.54, 1.807) is 24.3 Å². The zero-order chi connectivity index (χ0) is 19.9. The zero-order valence-corrected chi connectivity index (χ0v) is 16.6. The zero-order valence-electron chi connectivity index (χ0n) is 15.7. The van der Waals surface area contributed by atoms with Gasteiger partial charge in [0.15, 0.2) is 0 Å². The molecule has 1 aliphatic heterocycles. The Morgan fingerprint density at radius 2 is 1.75 bits per heavy atom. The average Bonchev–Trinajstić information content (AvgIpc) is 2.70. The molecule has 28 heavy (non-hydrogen) atoms. The Bertz CT molecular complexity index is 763. The minimum absolute atomic E-state index is 0.0575. The second-order valence-corrected chi connectivity index (χ2v) is 7.75. The molecule has 1 atom stereocenters. The summed E-state index contributed by atoms with van der Waals surface area (Å²) in [6.07, 6.45) is 0. The summed E-state index contributed by atoms with van der Waals surface area (Å²) < 4.78 is 30.3. The summed E-state index contributed by atoms with van der Waals surface area (Å²) in [6.45, 7) is 5.50. The topological polar surface area (TPSA) is 41.6 Å². The Hall–Kier alpha value is -1.96. The summed E-state index contributed by atoms with van der Waals surface area (Å²) in [6, 6.07) is 14.6. The van der Waals surface area contributed by atoms with Gasteiger partial charge in [0, 0.05) is 30.1 Å². The van der Waals surface area contributed by atoms with Gasteiger partial charge < -0.3 is 10.1 Å². The first-order chi connectivity index (χ1) is 13.5. The summed E-state index contributed by atoms with van der Waals surface area (Å²) in [5, 5.41) is 2.99. The van der Waals surface area contributed by atoms with Crippen LogP contribution in [-0.2, 0) is 4.74 Å². The van der Waals surface area contributed by atoms with Gasteiger partial charge in [-0.3, -0.25) is 9.69 Å². The van der Waals surface area contributed by atoms with E-state index < -0.39 is 5.76 Å². The number of ether oxygens (including phenoxy) is 1. The van der Waals surface area contributed by atoms with Crippen LogP contribution in [0.4, 0.5) is 8.78 Å². The maximum Gasteiger partial charge on any atom is 0.288 e. The van der Waals surface area contributed by atoms with Crippen LogP contribution >= 0.6 is 11.8 Å². The van der Waals surface area contributed by atoms with Crippen molar-refractivity contribution in [2.24, 2.45) is 0 Å². The molecule has 1 heterocycles. The standard InChI is InChI=1S/C21H24F2N2O2S/c1-15-2-4-16(5-3-15)19(25-10-12-27-13-11-25)14-24-20(26)17-6-8-18(9-7-17)28-21(22)23/h2-9,19,21H,10-14H2,1H3,(H,24,26). The molecule has 0 aliphatic carbocycles. The number of hydrogen-bond acceptors (Lipinski definition) is 4. The van der Waals surface area contributed by atoms with Crippen LogP contribution in [0.1, 0.15) is 27.5 Å². The van der Waals surface area contributed by atoms with Gasteiger partial charge in [0.05, 0.1) is 19.3 Å². The Kier molecular flexibility index (Phi) is 7.42. The normalized spacial score (nSPS) is 16.1. The number of nitrogens with zero attached hydrogens (tertiary/aromatic N) is 1. The second kappa shape index (κ2) is 10.0. The van der Waals surface area contributed by atoms with Gasteiger partial charge in [-0.15, -0.1) is 0 Å². The molecule has 0 radical (unpaired) electrons. The third-order valence-electron chi connectivity index (χ3n) is 4.75. The van der Waals surface area contributed by atoms with Gasteiger partial charge in [-0.05, 0) is 36.8 Å².